The Labute approximate surface area is 80.9 Å². The summed E-state index contributed by atoms with van der Waals surface area (Å²) in [6.07, 6.45) is 4.82. The third-order valence-corrected chi connectivity index (χ3v) is 3.54. The molecule has 0 atom stereocenters. The fourth-order valence-corrected chi connectivity index (χ4v) is 2.69. The van der Waals surface area contributed by atoms with Gasteiger partial charge in [0, 0.05) is 19.6 Å². The standard InChI is InChI=1S/C11H21NO/c1-9-6-10(7-9)8-12-4-2-11(13)3-5-12/h9-11,13H,2-8H2,1H3. The van der Waals surface area contributed by atoms with Crippen molar-refractivity contribution in [2.45, 2.75) is 38.7 Å². The molecule has 2 heteroatoms. The third-order valence-electron chi connectivity index (χ3n) is 3.54. The van der Waals surface area contributed by atoms with E-state index in [0.717, 1.165) is 37.8 Å². The van der Waals surface area contributed by atoms with Crippen LogP contribution in [0.3, 0.4) is 0 Å². The number of aliphatic hydroxyl groups is 1. The van der Waals surface area contributed by atoms with Gasteiger partial charge in [-0.3, -0.25) is 0 Å². The van der Waals surface area contributed by atoms with Crippen molar-refractivity contribution in [1.29, 1.82) is 0 Å². The Bertz CT molecular complexity index is 157. The highest BCUT2D eigenvalue weighted by atomic mass is 16.3. The molecule has 0 amide bonds. The highest BCUT2D eigenvalue weighted by molar-refractivity contribution is 4.81. The summed E-state index contributed by atoms with van der Waals surface area (Å²) < 4.78 is 0. The number of rotatable bonds is 2. The summed E-state index contributed by atoms with van der Waals surface area (Å²) >= 11 is 0. The molecule has 2 rings (SSSR count). The topological polar surface area (TPSA) is 23.5 Å². The molecule has 2 aliphatic rings. The second-order valence-corrected chi connectivity index (χ2v) is 4.97. The van der Waals surface area contributed by atoms with Crippen LogP contribution < -0.4 is 0 Å². The van der Waals surface area contributed by atoms with E-state index >= 15 is 0 Å². The molecular formula is C11H21NO. The van der Waals surface area contributed by atoms with Gasteiger partial charge in [0.1, 0.15) is 0 Å². The monoisotopic (exact) mass is 183 g/mol. The molecule has 0 radical (unpaired) electrons. The Balaban J connectivity index is 1.65. The fraction of sp³-hybridized carbons (Fsp3) is 1.00. The van der Waals surface area contributed by atoms with Gasteiger partial charge in [-0.25, -0.2) is 0 Å². The Morgan fingerprint density at radius 2 is 1.85 bits per heavy atom. The summed E-state index contributed by atoms with van der Waals surface area (Å²) in [5.41, 5.74) is 0. The third kappa shape index (κ3) is 2.44. The van der Waals surface area contributed by atoms with Crippen molar-refractivity contribution < 1.29 is 5.11 Å². The molecular weight excluding hydrogens is 162 g/mol. The second kappa shape index (κ2) is 3.97. The number of nitrogens with zero attached hydrogens (tertiary/aromatic N) is 1. The summed E-state index contributed by atoms with van der Waals surface area (Å²) in [5.74, 6) is 1.94. The van der Waals surface area contributed by atoms with E-state index in [9.17, 15) is 5.11 Å². The molecule has 13 heavy (non-hydrogen) atoms. The minimum Gasteiger partial charge on any atom is -0.393 e. The first kappa shape index (κ1) is 9.47. The van der Waals surface area contributed by atoms with E-state index in [2.05, 4.69) is 11.8 Å². The molecule has 0 aromatic carbocycles. The van der Waals surface area contributed by atoms with Gasteiger partial charge in [0.25, 0.3) is 0 Å². The largest absolute Gasteiger partial charge is 0.393 e. The van der Waals surface area contributed by atoms with Crippen LogP contribution >= 0.6 is 0 Å². The molecule has 2 nitrogen and oxygen atoms in total. The first-order valence-corrected chi connectivity index (χ1v) is 5.64. The summed E-state index contributed by atoms with van der Waals surface area (Å²) in [4.78, 5) is 2.53. The van der Waals surface area contributed by atoms with E-state index in [4.69, 9.17) is 0 Å². The van der Waals surface area contributed by atoms with Gasteiger partial charge in [0.2, 0.25) is 0 Å². The van der Waals surface area contributed by atoms with Crippen molar-refractivity contribution in [2.75, 3.05) is 19.6 Å². The van der Waals surface area contributed by atoms with Crippen LogP contribution in [-0.4, -0.2) is 35.7 Å². The maximum atomic E-state index is 9.35. The average molecular weight is 183 g/mol. The first-order chi connectivity index (χ1) is 6.24. The minimum atomic E-state index is -0.0171. The quantitative estimate of drug-likeness (QED) is 0.701. The second-order valence-electron chi connectivity index (χ2n) is 4.97. The lowest BCUT2D eigenvalue weighted by atomic mass is 9.76. The molecule has 0 spiro atoms. The fourth-order valence-electron chi connectivity index (χ4n) is 2.69. The van der Waals surface area contributed by atoms with E-state index < -0.39 is 0 Å². The lowest BCUT2D eigenvalue weighted by Gasteiger charge is -2.38. The molecule has 0 bridgehead atoms. The minimum absolute atomic E-state index is 0.0171. The van der Waals surface area contributed by atoms with Crippen LogP contribution in [0.1, 0.15) is 32.6 Å². The van der Waals surface area contributed by atoms with Gasteiger partial charge in [-0.1, -0.05) is 6.92 Å². The van der Waals surface area contributed by atoms with Crippen molar-refractivity contribution in [2.24, 2.45) is 11.8 Å². The predicted molar refractivity (Wildman–Crippen MR) is 53.6 cm³/mol. The normalized spacial score (nSPS) is 37.4. The molecule has 1 aliphatic heterocycles. The van der Waals surface area contributed by atoms with Gasteiger partial charge >= 0.3 is 0 Å². The molecule has 76 valence electrons. The van der Waals surface area contributed by atoms with Gasteiger partial charge in [-0.2, -0.15) is 0 Å². The summed E-state index contributed by atoms with van der Waals surface area (Å²) in [6, 6.07) is 0. The van der Waals surface area contributed by atoms with Crippen LogP contribution in [0.2, 0.25) is 0 Å². The van der Waals surface area contributed by atoms with E-state index in [0.29, 0.717) is 0 Å². The lowest BCUT2D eigenvalue weighted by molar-refractivity contribution is 0.0572. The SMILES string of the molecule is CC1CC(CN2CCC(O)CC2)C1. The molecule has 1 aliphatic carbocycles. The zero-order chi connectivity index (χ0) is 9.26. The zero-order valence-corrected chi connectivity index (χ0v) is 8.58. The van der Waals surface area contributed by atoms with Crippen LogP contribution in [0, 0.1) is 11.8 Å². The van der Waals surface area contributed by atoms with Gasteiger partial charge in [-0.15, -0.1) is 0 Å². The summed E-state index contributed by atoms with van der Waals surface area (Å²) in [6.45, 7) is 5.87. The van der Waals surface area contributed by atoms with Crippen molar-refractivity contribution in [1.82, 2.24) is 4.90 Å². The molecule has 0 aromatic rings. The molecule has 1 heterocycles. The van der Waals surface area contributed by atoms with Crippen molar-refractivity contribution in [3.05, 3.63) is 0 Å². The summed E-state index contributed by atoms with van der Waals surface area (Å²) in [5, 5.41) is 9.35. The number of aliphatic hydroxyl groups excluding tert-OH is 1. The maximum Gasteiger partial charge on any atom is 0.0564 e. The average Bonchev–Trinajstić information content (AvgIpc) is 2.06. The van der Waals surface area contributed by atoms with Crippen LogP contribution in [0.25, 0.3) is 0 Å². The predicted octanol–water partition coefficient (Wildman–Crippen LogP) is 1.49. The van der Waals surface area contributed by atoms with E-state index in [1.54, 1.807) is 0 Å². The van der Waals surface area contributed by atoms with Crippen LogP contribution in [0.4, 0.5) is 0 Å². The van der Waals surface area contributed by atoms with Crippen LogP contribution in [0.5, 0.6) is 0 Å². The molecule has 1 saturated carbocycles. The van der Waals surface area contributed by atoms with Gasteiger partial charge in [-0.05, 0) is 37.5 Å². The molecule has 2 fully saturated rings. The number of hydrogen-bond donors (Lipinski definition) is 1. The number of piperidine rings is 1. The van der Waals surface area contributed by atoms with Gasteiger partial charge in [0.15, 0.2) is 0 Å². The van der Waals surface area contributed by atoms with Crippen molar-refractivity contribution >= 4 is 0 Å². The van der Waals surface area contributed by atoms with Crippen molar-refractivity contribution in [3.8, 4) is 0 Å². The molecule has 0 aromatic heterocycles. The first-order valence-electron chi connectivity index (χ1n) is 5.64. The van der Waals surface area contributed by atoms with Crippen LogP contribution in [0.15, 0.2) is 0 Å². The Morgan fingerprint density at radius 1 is 1.23 bits per heavy atom. The molecule has 1 saturated heterocycles. The van der Waals surface area contributed by atoms with E-state index in [1.807, 2.05) is 0 Å². The maximum absolute atomic E-state index is 9.35. The number of likely N-dealkylation sites (tertiary alicyclic amines) is 1. The Morgan fingerprint density at radius 3 is 2.38 bits per heavy atom. The molecule has 0 unspecified atom stereocenters. The summed E-state index contributed by atoms with van der Waals surface area (Å²) in [7, 11) is 0. The number of hydrogen-bond acceptors (Lipinski definition) is 2. The van der Waals surface area contributed by atoms with E-state index in [-0.39, 0.29) is 6.10 Å². The van der Waals surface area contributed by atoms with E-state index in [1.165, 1.54) is 19.4 Å². The van der Waals surface area contributed by atoms with Gasteiger partial charge < -0.3 is 10.0 Å². The van der Waals surface area contributed by atoms with Crippen molar-refractivity contribution in [3.63, 3.8) is 0 Å². The highest BCUT2D eigenvalue weighted by Crippen LogP contribution is 2.33. The Kier molecular flexibility index (Phi) is 2.89. The van der Waals surface area contributed by atoms with Crippen LogP contribution in [-0.2, 0) is 0 Å². The zero-order valence-electron chi connectivity index (χ0n) is 8.58. The highest BCUT2D eigenvalue weighted by Gasteiger charge is 2.28. The Hall–Kier alpha value is -0.0800. The smallest absolute Gasteiger partial charge is 0.0564 e. The van der Waals surface area contributed by atoms with Gasteiger partial charge in [0.05, 0.1) is 6.10 Å². The lowest BCUT2D eigenvalue weighted by Crippen LogP contribution is -2.41. The molecule has 1 N–H and O–H groups in total.